The molecule has 2 aromatic rings. The van der Waals surface area contributed by atoms with Crippen molar-refractivity contribution in [3.05, 3.63) is 69.2 Å². The molecule has 1 heterocycles. The quantitative estimate of drug-likeness (QED) is 0.621. The third kappa shape index (κ3) is 3.91. The molecule has 0 spiro atoms. The third-order valence-corrected chi connectivity index (χ3v) is 4.72. The lowest BCUT2D eigenvalue weighted by Gasteiger charge is -2.35. The van der Waals surface area contributed by atoms with Crippen LogP contribution in [0, 0.1) is 10.1 Å². The third-order valence-electron chi connectivity index (χ3n) is 4.35. The monoisotopic (exact) mass is 359 g/mol. The van der Waals surface area contributed by atoms with E-state index in [0.717, 1.165) is 5.56 Å². The Hall–Kier alpha value is -2.60. The maximum Gasteiger partial charge on any atom is 0.292 e. The molecule has 0 N–H and O–H groups in total. The number of benzene rings is 2. The van der Waals surface area contributed by atoms with E-state index in [1.165, 1.54) is 6.07 Å². The second-order valence-electron chi connectivity index (χ2n) is 5.88. The van der Waals surface area contributed by atoms with Crippen molar-refractivity contribution >= 4 is 28.9 Å². The molecular formula is C18H18ClN3O3. The number of nitrogens with zero attached hydrogens (tertiary/aromatic N) is 3. The molecule has 3 rings (SSSR count). The Balaban J connectivity index is 1.63. The minimum Gasteiger partial charge on any atom is -0.362 e. The molecule has 2 aromatic carbocycles. The highest BCUT2D eigenvalue weighted by Crippen LogP contribution is 2.28. The van der Waals surface area contributed by atoms with Crippen LogP contribution >= 0.6 is 11.6 Å². The zero-order valence-corrected chi connectivity index (χ0v) is 14.4. The lowest BCUT2D eigenvalue weighted by atomic mass is 10.1. The standard InChI is InChI=1S/C18H18ClN3O3/c19-15-6-2-1-5-14(15)13-18(23)21-11-9-20(10-12-21)16-7-3-4-8-17(16)22(24)25/h1-8H,9-13H2. The van der Waals surface area contributed by atoms with Gasteiger partial charge >= 0.3 is 0 Å². The van der Waals surface area contributed by atoms with Crippen LogP contribution in [-0.2, 0) is 11.2 Å². The molecule has 1 aliphatic rings. The largest absolute Gasteiger partial charge is 0.362 e. The molecule has 1 amide bonds. The van der Waals surface area contributed by atoms with Crippen LogP contribution in [0.5, 0.6) is 0 Å². The second kappa shape index (κ2) is 7.53. The van der Waals surface area contributed by atoms with Gasteiger partial charge in [-0.25, -0.2) is 0 Å². The predicted molar refractivity (Wildman–Crippen MR) is 97.0 cm³/mol. The van der Waals surface area contributed by atoms with E-state index in [4.69, 9.17) is 11.6 Å². The molecule has 7 heteroatoms. The summed E-state index contributed by atoms with van der Waals surface area (Å²) in [6.45, 7) is 2.21. The van der Waals surface area contributed by atoms with Crippen molar-refractivity contribution < 1.29 is 9.72 Å². The summed E-state index contributed by atoms with van der Waals surface area (Å²) in [5.41, 5.74) is 1.51. The van der Waals surface area contributed by atoms with Crippen molar-refractivity contribution in [1.82, 2.24) is 4.90 Å². The van der Waals surface area contributed by atoms with Crippen molar-refractivity contribution in [2.45, 2.75) is 6.42 Å². The van der Waals surface area contributed by atoms with Crippen LogP contribution in [0.15, 0.2) is 48.5 Å². The number of nitro benzene ring substituents is 1. The van der Waals surface area contributed by atoms with E-state index in [-0.39, 0.29) is 22.9 Å². The first-order valence-corrected chi connectivity index (χ1v) is 8.43. The van der Waals surface area contributed by atoms with Gasteiger partial charge < -0.3 is 9.80 Å². The minimum atomic E-state index is -0.371. The smallest absolute Gasteiger partial charge is 0.292 e. The summed E-state index contributed by atoms with van der Waals surface area (Å²) in [4.78, 5) is 27.0. The average molecular weight is 360 g/mol. The Labute approximate surface area is 150 Å². The number of nitro groups is 1. The number of carbonyl (C=O) groups is 1. The maximum absolute atomic E-state index is 12.5. The van der Waals surface area contributed by atoms with E-state index in [2.05, 4.69) is 0 Å². The average Bonchev–Trinajstić information content (AvgIpc) is 2.63. The summed E-state index contributed by atoms with van der Waals surface area (Å²) in [6, 6.07) is 14.0. The fraction of sp³-hybridized carbons (Fsp3) is 0.278. The predicted octanol–water partition coefficient (Wildman–Crippen LogP) is 3.14. The molecule has 0 radical (unpaired) electrons. The Kier molecular flexibility index (Phi) is 5.19. The first kappa shape index (κ1) is 17.2. The molecule has 0 aromatic heterocycles. The number of halogens is 1. The van der Waals surface area contributed by atoms with Crippen LogP contribution in [0.4, 0.5) is 11.4 Å². The van der Waals surface area contributed by atoms with Gasteiger partial charge in [-0.15, -0.1) is 0 Å². The van der Waals surface area contributed by atoms with Crippen LogP contribution in [0.3, 0.4) is 0 Å². The van der Waals surface area contributed by atoms with E-state index >= 15 is 0 Å². The van der Waals surface area contributed by atoms with Gasteiger partial charge in [-0.2, -0.15) is 0 Å². The number of amides is 1. The molecule has 25 heavy (non-hydrogen) atoms. The topological polar surface area (TPSA) is 66.7 Å². The zero-order valence-electron chi connectivity index (χ0n) is 13.6. The van der Waals surface area contributed by atoms with Gasteiger partial charge in [-0.3, -0.25) is 14.9 Å². The number of rotatable bonds is 4. The first-order chi connectivity index (χ1) is 12.1. The molecule has 130 valence electrons. The number of para-hydroxylation sites is 2. The van der Waals surface area contributed by atoms with E-state index in [0.29, 0.717) is 36.9 Å². The van der Waals surface area contributed by atoms with E-state index in [9.17, 15) is 14.9 Å². The Morgan fingerprint density at radius 2 is 1.68 bits per heavy atom. The lowest BCUT2D eigenvalue weighted by Crippen LogP contribution is -2.49. The van der Waals surface area contributed by atoms with Gasteiger partial charge in [0.1, 0.15) is 5.69 Å². The Morgan fingerprint density at radius 3 is 2.36 bits per heavy atom. The van der Waals surface area contributed by atoms with Gasteiger partial charge in [0.25, 0.3) is 5.69 Å². The molecule has 1 aliphatic heterocycles. The first-order valence-electron chi connectivity index (χ1n) is 8.06. The van der Waals surface area contributed by atoms with Crippen molar-refractivity contribution in [2.75, 3.05) is 31.1 Å². The van der Waals surface area contributed by atoms with Gasteiger partial charge in [0.15, 0.2) is 0 Å². The molecule has 1 saturated heterocycles. The fourth-order valence-electron chi connectivity index (χ4n) is 3.00. The van der Waals surface area contributed by atoms with Gasteiger partial charge in [-0.05, 0) is 17.7 Å². The number of anilines is 1. The SMILES string of the molecule is O=C(Cc1ccccc1Cl)N1CCN(c2ccccc2[N+](=O)[O-])CC1. The number of piperazine rings is 1. The van der Waals surface area contributed by atoms with Crippen molar-refractivity contribution in [1.29, 1.82) is 0 Å². The van der Waals surface area contributed by atoms with Crippen molar-refractivity contribution in [2.24, 2.45) is 0 Å². The van der Waals surface area contributed by atoms with Gasteiger partial charge in [0.05, 0.1) is 11.3 Å². The lowest BCUT2D eigenvalue weighted by molar-refractivity contribution is -0.384. The van der Waals surface area contributed by atoms with Gasteiger partial charge in [0, 0.05) is 37.3 Å². The summed E-state index contributed by atoms with van der Waals surface area (Å²) >= 11 is 6.11. The summed E-state index contributed by atoms with van der Waals surface area (Å²) in [6.07, 6.45) is 0.269. The highest BCUT2D eigenvalue weighted by Gasteiger charge is 2.25. The highest BCUT2D eigenvalue weighted by molar-refractivity contribution is 6.31. The zero-order chi connectivity index (χ0) is 17.8. The van der Waals surface area contributed by atoms with Crippen molar-refractivity contribution in [3.63, 3.8) is 0 Å². The molecule has 0 aliphatic carbocycles. The fourth-order valence-corrected chi connectivity index (χ4v) is 3.20. The molecule has 0 saturated carbocycles. The number of carbonyl (C=O) groups excluding carboxylic acids is 1. The normalized spacial score (nSPS) is 14.4. The number of hydrogen-bond acceptors (Lipinski definition) is 4. The van der Waals surface area contributed by atoms with Crippen molar-refractivity contribution in [3.8, 4) is 0 Å². The van der Waals surface area contributed by atoms with E-state index < -0.39 is 0 Å². The van der Waals surface area contributed by atoms with E-state index in [1.54, 1.807) is 29.2 Å². The van der Waals surface area contributed by atoms with Gasteiger partial charge in [-0.1, -0.05) is 41.9 Å². The maximum atomic E-state index is 12.5. The molecule has 6 nitrogen and oxygen atoms in total. The Morgan fingerprint density at radius 1 is 1.04 bits per heavy atom. The Bertz CT molecular complexity index is 789. The van der Waals surface area contributed by atoms with Crippen LogP contribution in [-0.4, -0.2) is 41.9 Å². The van der Waals surface area contributed by atoms with Crippen LogP contribution in [0.2, 0.25) is 5.02 Å². The summed E-state index contributed by atoms with van der Waals surface area (Å²) < 4.78 is 0. The molecule has 1 fully saturated rings. The highest BCUT2D eigenvalue weighted by atomic mass is 35.5. The summed E-state index contributed by atoms with van der Waals surface area (Å²) in [5.74, 6) is 0.0234. The minimum absolute atomic E-state index is 0.0234. The van der Waals surface area contributed by atoms with Crippen LogP contribution in [0.1, 0.15) is 5.56 Å². The molecule has 0 atom stereocenters. The summed E-state index contributed by atoms with van der Waals surface area (Å²) in [5, 5.41) is 11.8. The van der Waals surface area contributed by atoms with Crippen LogP contribution < -0.4 is 4.90 Å². The van der Waals surface area contributed by atoms with E-state index in [1.807, 2.05) is 23.1 Å². The molecular weight excluding hydrogens is 342 g/mol. The summed E-state index contributed by atoms with van der Waals surface area (Å²) in [7, 11) is 0. The molecule has 0 bridgehead atoms. The van der Waals surface area contributed by atoms with Gasteiger partial charge in [0.2, 0.25) is 5.91 Å². The molecule has 0 unspecified atom stereocenters. The van der Waals surface area contributed by atoms with Crippen LogP contribution in [0.25, 0.3) is 0 Å². The second-order valence-corrected chi connectivity index (χ2v) is 6.29. The number of hydrogen-bond donors (Lipinski definition) is 0.